The largest absolute Gasteiger partial charge is 0.394 e. The van der Waals surface area contributed by atoms with E-state index in [0.29, 0.717) is 41.4 Å². The molecule has 5 heterocycles. The SMILES string of the molecule is CC1C2C(CC3C4CC[C@@H]5C[C@H](O[C@@H]6O[C@H](CO)[C@@H](O[C@H]7O[C@H](C)[C@@H](O)[C@H](O)[C@H]7O)[C@H](O)[C@H]6O[C@@H]6O[C@@H](C)[C@H](O)[C@@H](O)[C@H]6O)CC[C@]5(C)C4CC[C@@]32C)O[C@]12CC[C@H](C)CO2. The van der Waals surface area contributed by atoms with Gasteiger partial charge < -0.3 is 78.7 Å². The molecule has 16 nitrogen and oxygen atoms in total. The van der Waals surface area contributed by atoms with Gasteiger partial charge in [-0.2, -0.15) is 0 Å². The summed E-state index contributed by atoms with van der Waals surface area (Å²) in [7, 11) is 0. The fraction of sp³-hybridized carbons (Fsp3) is 1.00. The highest BCUT2D eigenvalue weighted by Crippen LogP contribution is 2.71. The molecule has 4 aliphatic carbocycles. The van der Waals surface area contributed by atoms with Gasteiger partial charge in [-0.05, 0) is 118 Å². The van der Waals surface area contributed by atoms with Crippen LogP contribution in [0.5, 0.6) is 0 Å². The Balaban J connectivity index is 0.897. The first-order chi connectivity index (χ1) is 28.9. The highest BCUT2D eigenvalue weighted by Gasteiger charge is 2.69. The van der Waals surface area contributed by atoms with Gasteiger partial charge in [-0.1, -0.05) is 27.7 Å². The predicted molar refractivity (Wildman–Crippen MR) is 213 cm³/mol. The second-order valence-electron chi connectivity index (χ2n) is 21.5. The zero-order valence-corrected chi connectivity index (χ0v) is 36.7. The van der Waals surface area contributed by atoms with Gasteiger partial charge in [0.1, 0.15) is 61.0 Å². The maximum atomic E-state index is 12.0. The maximum Gasteiger partial charge on any atom is 0.187 e. The summed E-state index contributed by atoms with van der Waals surface area (Å²) in [6.45, 7) is 12.9. The lowest BCUT2D eigenvalue weighted by Crippen LogP contribution is -2.66. The Morgan fingerprint density at radius 1 is 0.590 bits per heavy atom. The van der Waals surface area contributed by atoms with E-state index in [1.54, 1.807) is 0 Å². The Bertz CT molecular complexity index is 1530. The summed E-state index contributed by atoms with van der Waals surface area (Å²) in [5.74, 6) is 3.27. The number of rotatable bonds is 7. The lowest BCUT2D eigenvalue weighted by Gasteiger charge is -2.61. The molecule has 0 radical (unpaired) electrons. The normalized spacial score (nSPS) is 59.7. The molecule has 5 aliphatic heterocycles. The maximum absolute atomic E-state index is 12.0. The summed E-state index contributed by atoms with van der Waals surface area (Å²) in [6, 6.07) is 0. The standard InChI is InChI=1S/C45H74O16/c1-19-9-14-45(54-18-19)20(2)30-28(61-45)16-27-25-8-7-23-15-24(10-12-43(23,5)26(25)11-13-44(27,30)6)57-42-39(60-41-36(52)34(50)32(48)22(4)56-41)37(53)38(29(17-46)58-42)59-40-35(51)33(49)31(47)21(3)55-40/h19-42,46-53H,7-18H2,1-6H3/t19-,20?,21+,22-,23+,24+,25?,26?,27?,28?,29+,30?,31+,32-,33-,34+,35+,36+,37-,38+,39+,40+,41-,42+,43-,44-,45+/m0/s1. The summed E-state index contributed by atoms with van der Waals surface area (Å²) in [5, 5.41) is 85.9. The number of aliphatic hydroxyl groups is 8. The zero-order valence-electron chi connectivity index (χ0n) is 36.7. The number of hydrogen-bond donors (Lipinski definition) is 8. The molecule has 0 aromatic rings. The van der Waals surface area contributed by atoms with Crippen molar-refractivity contribution in [2.45, 2.75) is 216 Å². The van der Waals surface area contributed by atoms with E-state index in [2.05, 4.69) is 27.7 Å². The monoisotopic (exact) mass is 870 g/mol. The second-order valence-corrected chi connectivity index (χ2v) is 21.5. The topological polar surface area (TPSA) is 236 Å². The number of hydrogen-bond acceptors (Lipinski definition) is 16. The van der Waals surface area contributed by atoms with Crippen LogP contribution in [0.1, 0.15) is 106 Å². The average Bonchev–Trinajstić information content (AvgIpc) is 3.69. The highest BCUT2D eigenvalue weighted by molar-refractivity contribution is 5.15. The van der Waals surface area contributed by atoms with Crippen LogP contribution < -0.4 is 0 Å². The summed E-state index contributed by atoms with van der Waals surface area (Å²) < 4.78 is 50.3. The first-order valence-corrected chi connectivity index (χ1v) is 23.5. The summed E-state index contributed by atoms with van der Waals surface area (Å²) in [4.78, 5) is 0. The van der Waals surface area contributed by atoms with Crippen LogP contribution in [0, 0.1) is 52.3 Å². The molecular weight excluding hydrogens is 796 g/mol. The van der Waals surface area contributed by atoms with Crippen molar-refractivity contribution in [3.8, 4) is 0 Å². The van der Waals surface area contributed by atoms with Crippen LogP contribution in [-0.4, -0.2) is 164 Å². The van der Waals surface area contributed by atoms with Crippen molar-refractivity contribution in [3.63, 3.8) is 0 Å². The molecule has 9 aliphatic rings. The Hall–Kier alpha value is -0.640. The minimum absolute atomic E-state index is 0.122. The molecule has 0 aromatic heterocycles. The Morgan fingerprint density at radius 2 is 1.23 bits per heavy atom. The third-order valence-corrected chi connectivity index (χ3v) is 18.2. The molecule has 0 bridgehead atoms. The van der Waals surface area contributed by atoms with E-state index < -0.39 is 105 Å². The van der Waals surface area contributed by atoms with Crippen molar-refractivity contribution in [2.75, 3.05) is 13.2 Å². The van der Waals surface area contributed by atoms with Crippen LogP contribution in [0.15, 0.2) is 0 Å². The molecule has 0 aromatic carbocycles. The van der Waals surface area contributed by atoms with Crippen LogP contribution in [0.4, 0.5) is 0 Å². The van der Waals surface area contributed by atoms with Crippen LogP contribution in [0.25, 0.3) is 0 Å². The number of ether oxygens (including phenoxy) is 8. The van der Waals surface area contributed by atoms with E-state index in [0.717, 1.165) is 58.0 Å². The molecule has 9 fully saturated rings. The van der Waals surface area contributed by atoms with Gasteiger partial charge in [-0.3, -0.25) is 0 Å². The van der Waals surface area contributed by atoms with Crippen molar-refractivity contribution in [1.82, 2.24) is 0 Å². The van der Waals surface area contributed by atoms with E-state index in [-0.39, 0.29) is 23.0 Å². The molecule has 4 saturated carbocycles. The summed E-state index contributed by atoms with van der Waals surface area (Å²) in [6.07, 6.45) is -11.0. The van der Waals surface area contributed by atoms with Gasteiger partial charge in [0.25, 0.3) is 0 Å². The highest BCUT2D eigenvalue weighted by atomic mass is 16.8. The van der Waals surface area contributed by atoms with Crippen LogP contribution in [0.2, 0.25) is 0 Å². The van der Waals surface area contributed by atoms with Gasteiger partial charge in [0, 0.05) is 12.3 Å². The minimum Gasteiger partial charge on any atom is -0.394 e. The van der Waals surface area contributed by atoms with Crippen molar-refractivity contribution in [1.29, 1.82) is 0 Å². The quantitative estimate of drug-likeness (QED) is 0.169. The number of aliphatic hydroxyl groups excluding tert-OH is 8. The lowest BCUT2D eigenvalue weighted by molar-refractivity contribution is -0.389. The Labute approximate surface area is 359 Å². The molecule has 27 atom stereocenters. The van der Waals surface area contributed by atoms with E-state index in [1.807, 2.05) is 0 Å². The molecule has 6 unspecified atom stereocenters. The smallest absolute Gasteiger partial charge is 0.187 e. The third kappa shape index (κ3) is 7.50. The van der Waals surface area contributed by atoms with Gasteiger partial charge in [0.05, 0.1) is 37.6 Å². The number of fused-ring (bicyclic) bond motifs is 7. The average molecular weight is 871 g/mol. The molecule has 5 saturated heterocycles. The van der Waals surface area contributed by atoms with Crippen LogP contribution in [0.3, 0.4) is 0 Å². The van der Waals surface area contributed by atoms with Crippen molar-refractivity contribution in [2.24, 2.45) is 52.3 Å². The molecule has 1 spiro atoms. The molecule has 16 heteroatoms. The van der Waals surface area contributed by atoms with E-state index in [1.165, 1.54) is 26.7 Å². The second kappa shape index (κ2) is 16.9. The lowest BCUT2D eigenvalue weighted by atomic mass is 9.44. The van der Waals surface area contributed by atoms with Gasteiger partial charge in [0.2, 0.25) is 0 Å². The van der Waals surface area contributed by atoms with Crippen molar-refractivity contribution < 1.29 is 78.7 Å². The Morgan fingerprint density at radius 3 is 1.85 bits per heavy atom. The van der Waals surface area contributed by atoms with Gasteiger partial charge in [-0.15, -0.1) is 0 Å². The molecule has 8 N–H and O–H groups in total. The van der Waals surface area contributed by atoms with Crippen LogP contribution in [-0.2, 0) is 37.9 Å². The van der Waals surface area contributed by atoms with Gasteiger partial charge in [0.15, 0.2) is 24.7 Å². The van der Waals surface area contributed by atoms with E-state index in [4.69, 9.17) is 37.9 Å². The van der Waals surface area contributed by atoms with E-state index >= 15 is 0 Å². The van der Waals surface area contributed by atoms with Crippen molar-refractivity contribution in [3.05, 3.63) is 0 Å². The predicted octanol–water partition coefficient (Wildman–Crippen LogP) is 1.32. The first-order valence-electron chi connectivity index (χ1n) is 23.5. The summed E-state index contributed by atoms with van der Waals surface area (Å²) in [5.41, 5.74) is 0.350. The van der Waals surface area contributed by atoms with Crippen molar-refractivity contribution >= 4 is 0 Å². The Kier molecular flexibility index (Phi) is 12.6. The summed E-state index contributed by atoms with van der Waals surface area (Å²) >= 11 is 0. The van der Waals surface area contributed by atoms with Gasteiger partial charge in [-0.25, -0.2) is 0 Å². The van der Waals surface area contributed by atoms with Gasteiger partial charge >= 0.3 is 0 Å². The first kappa shape index (κ1) is 45.5. The van der Waals surface area contributed by atoms with Crippen LogP contribution >= 0.6 is 0 Å². The molecule has 61 heavy (non-hydrogen) atoms. The molecular formula is C45H74O16. The zero-order chi connectivity index (χ0) is 43.5. The third-order valence-electron chi connectivity index (χ3n) is 18.2. The molecule has 9 rings (SSSR count). The molecule has 350 valence electrons. The van der Waals surface area contributed by atoms with E-state index in [9.17, 15) is 40.9 Å². The fourth-order valence-corrected chi connectivity index (χ4v) is 14.6. The fourth-order valence-electron chi connectivity index (χ4n) is 14.6. The minimum atomic E-state index is -1.70. The molecule has 0 amide bonds.